The van der Waals surface area contributed by atoms with Crippen LogP contribution in [-0.4, -0.2) is 26.0 Å². The fourth-order valence-corrected chi connectivity index (χ4v) is 3.84. The minimum absolute atomic E-state index is 0.330. The molecular weight excluding hydrogens is 326 g/mol. The van der Waals surface area contributed by atoms with Gasteiger partial charge in [-0.25, -0.2) is 8.42 Å². The summed E-state index contributed by atoms with van der Waals surface area (Å²) < 4.78 is 26.7. The molecule has 0 atom stereocenters. The van der Waals surface area contributed by atoms with Gasteiger partial charge in [0, 0.05) is 18.5 Å². The Morgan fingerprint density at radius 1 is 1.00 bits per heavy atom. The molecule has 0 fully saturated rings. The van der Waals surface area contributed by atoms with Gasteiger partial charge in [-0.05, 0) is 47.6 Å². The first-order valence-electron chi connectivity index (χ1n) is 7.54. The third-order valence-corrected chi connectivity index (χ3v) is 6.38. The lowest BCUT2D eigenvalue weighted by molar-refractivity contribution is 0.466. The van der Waals surface area contributed by atoms with Crippen molar-refractivity contribution in [3.63, 3.8) is 0 Å². The van der Waals surface area contributed by atoms with E-state index in [1.54, 1.807) is 30.9 Å². The van der Waals surface area contributed by atoms with Crippen LogP contribution in [0.1, 0.15) is 30.9 Å². The molecular formula is C18H23NO2S2. The zero-order valence-corrected chi connectivity index (χ0v) is 15.6. The van der Waals surface area contributed by atoms with Crippen molar-refractivity contribution in [3.8, 4) is 0 Å². The van der Waals surface area contributed by atoms with Crippen LogP contribution in [0.3, 0.4) is 0 Å². The SMILES string of the molecule is CSc1ccc(S(=O)(=O)N(C)Cc2ccc(C(C)C)cc2)cc1. The fourth-order valence-electron chi connectivity index (χ4n) is 2.28. The summed E-state index contributed by atoms with van der Waals surface area (Å²) in [6.07, 6.45) is 1.97. The molecule has 2 rings (SSSR count). The monoisotopic (exact) mass is 349 g/mol. The Balaban J connectivity index is 2.15. The van der Waals surface area contributed by atoms with Crippen molar-refractivity contribution < 1.29 is 8.42 Å². The molecule has 0 N–H and O–H groups in total. The van der Waals surface area contributed by atoms with E-state index >= 15 is 0 Å². The first-order chi connectivity index (χ1) is 10.8. The quantitative estimate of drug-likeness (QED) is 0.728. The highest BCUT2D eigenvalue weighted by Gasteiger charge is 2.20. The molecule has 0 bridgehead atoms. The van der Waals surface area contributed by atoms with Crippen molar-refractivity contribution in [2.45, 2.75) is 36.1 Å². The van der Waals surface area contributed by atoms with E-state index in [2.05, 4.69) is 26.0 Å². The molecule has 0 spiro atoms. The molecule has 2 aromatic carbocycles. The van der Waals surface area contributed by atoms with Crippen LogP contribution in [0.15, 0.2) is 58.3 Å². The Labute approximate surface area is 143 Å². The van der Waals surface area contributed by atoms with Crippen molar-refractivity contribution in [3.05, 3.63) is 59.7 Å². The molecule has 0 aliphatic carbocycles. The zero-order chi connectivity index (χ0) is 17.0. The van der Waals surface area contributed by atoms with E-state index in [1.807, 2.05) is 30.5 Å². The molecule has 0 aliphatic heterocycles. The van der Waals surface area contributed by atoms with Crippen LogP contribution in [0.4, 0.5) is 0 Å². The van der Waals surface area contributed by atoms with E-state index in [0.717, 1.165) is 10.5 Å². The number of rotatable bonds is 6. The van der Waals surface area contributed by atoms with Crippen LogP contribution >= 0.6 is 11.8 Å². The maximum absolute atomic E-state index is 12.6. The van der Waals surface area contributed by atoms with Crippen LogP contribution in [0.25, 0.3) is 0 Å². The Bertz CT molecular complexity index is 736. The molecule has 0 saturated heterocycles. The van der Waals surface area contributed by atoms with Crippen molar-refractivity contribution >= 4 is 21.8 Å². The molecule has 2 aromatic rings. The first-order valence-corrected chi connectivity index (χ1v) is 10.2. The third-order valence-electron chi connectivity index (χ3n) is 3.82. The van der Waals surface area contributed by atoms with E-state index in [-0.39, 0.29) is 0 Å². The van der Waals surface area contributed by atoms with Crippen molar-refractivity contribution in [1.82, 2.24) is 4.31 Å². The molecule has 0 radical (unpaired) electrons. The van der Waals surface area contributed by atoms with Crippen molar-refractivity contribution in [2.24, 2.45) is 0 Å². The molecule has 0 saturated carbocycles. The second-order valence-electron chi connectivity index (χ2n) is 5.83. The van der Waals surface area contributed by atoms with Gasteiger partial charge in [0.2, 0.25) is 10.0 Å². The number of thioether (sulfide) groups is 1. The van der Waals surface area contributed by atoms with Crippen LogP contribution in [0.2, 0.25) is 0 Å². The Kier molecular flexibility index (Phi) is 5.89. The zero-order valence-electron chi connectivity index (χ0n) is 14.0. The maximum atomic E-state index is 12.6. The molecule has 0 amide bonds. The van der Waals surface area contributed by atoms with Crippen LogP contribution in [0, 0.1) is 0 Å². The maximum Gasteiger partial charge on any atom is 0.243 e. The van der Waals surface area contributed by atoms with Gasteiger partial charge in [0.15, 0.2) is 0 Å². The summed E-state index contributed by atoms with van der Waals surface area (Å²) in [5.41, 5.74) is 2.24. The highest BCUT2D eigenvalue weighted by atomic mass is 32.2. The van der Waals surface area contributed by atoms with E-state index in [4.69, 9.17) is 0 Å². The molecule has 0 heterocycles. The van der Waals surface area contributed by atoms with Crippen LogP contribution in [0.5, 0.6) is 0 Å². The van der Waals surface area contributed by atoms with Gasteiger partial charge in [0.1, 0.15) is 0 Å². The molecule has 0 aromatic heterocycles. The Hall–Kier alpha value is -1.30. The van der Waals surface area contributed by atoms with Gasteiger partial charge < -0.3 is 0 Å². The average molecular weight is 350 g/mol. The number of hydrogen-bond donors (Lipinski definition) is 0. The summed E-state index contributed by atoms with van der Waals surface area (Å²) in [7, 11) is -1.85. The van der Waals surface area contributed by atoms with E-state index in [9.17, 15) is 8.42 Å². The van der Waals surface area contributed by atoms with Gasteiger partial charge >= 0.3 is 0 Å². The first kappa shape index (κ1) is 18.0. The summed E-state index contributed by atoms with van der Waals surface area (Å²) in [6.45, 7) is 4.65. The lowest BCUT2D eigenvalue weighted by atomic mass is 10.0. The molecule has 3 nitrogen and oxygen atoms in total. The molecule has 5 heteroatoms. The van der Waals surface area contributed by atoms with E-state index in [0.29, 0.717) is 17.4 Å². The van der Waals surface area contributed by atoms with Gasteiger partial charge in [0.25, 0.3) is 0 Å². The second kappa shape index (κ2) is 7.51. The topological polar surface area (TPSA) is 37.4 Å². The Morgan fingerprint density at radius 2 is 1.57 bits per heavy atom. The highest BCUT2D eigenvalue weighted by molar-refractivity contribution is 7.98. The second-order valence-corrected chi connectivity index (χ2v) is 8.76. The summed E-state index contributed by atoms with van der Waals surface area (Å²) in [4.78, 5) is 1.38. The minimum atomic E-state index is -3.46. The third kappa shape index (κ3) is 4.37. The predicted octanol–water partition coefficient (Wildman–Crippen LogP) is 4.35. The average Bonchev–Trinajstić information content (AvgIpc) is 2.55. The molecule has 124 valence electrons. The predicted molar refractivity (Wildman–Crippen MR) is 97.4 cm³/mol. The van der Waals surface area contributed by atoms with Crippen LogP contribution in [-0.2, 0) is 16.6 Å². The van der Waals surface area contributed by atoms with Gasteiger partial charge in [-0.2, -0.15) is 4.31 Å². The molecule has 0 unspecified atom stereocenters. The minimum Gasteiger partial charge on any atom is -0.207 e. The fraction of sp³-hybridized carbons (Fsp3) is 0.333. The largest absolute Gasteiger partial charge is 0.243 e. The molecule has 0 aliphatic rings. The summed E-state index contributed by atoms with van der Waals surface area (Å²) in [5, 5.41) is 0. The summed E-state index contributed by atoms with van der Waals surface area (Å²) in [5.74, 6) is 0.473. The highest BCUT2D eigenvalue weighted by Crippen LogP contribution is 2.21. The lowest BCUT2D eigenvalue weighted by Crippen LogP contribution is -2.26. The normalized spacial score (nSPS) is 12.1. The standard InChI is InChI=1S/C18H23NO2S2/c1-14(2)16-7-5-15(6-8-16)13-19(3)23(20,21)18-11-9-17(22-4)10-12-18/h5-12,14H,13H2,1-4H3. The number of hydrogen-bond acceptors (Lipinski definition) is 3. The molecule has 23 heavy (non-hydrogen) atoms. The van der Waals surface area contributed by atoms with E-state index < -0.39 is 10.0 Å². The van der Waals surface area contributed by atoms with Crippen molar-refractivity contribution in [2.75, 3.05) is 13.3 Å². The smallest absolute Gasteiger partial charge is 0.207 e. The lowest BCUT2D eigenvalue weighted by Gasteiger charge is -2.18. The number of sulfonamides is 1. The Morgan fingerprint density at radius 3 is 2.04 bits per heavy atom. The van der Waals surface area contributed by atoms with Crippen LogP contribution < -0.4 is 0 Å². The summed E-state index contributed by atoms with van der Waals surface area (Å²) in [6, 6.07) is 15.1. The van der Waals surface area contributed by atoms with Gasteiger partial charge in [-0.15, -0.1) is 11.8 Å². The van der Waals surface area contributed by atoms with Gasteiger partial charge in [-0.3, -0.25) is 0 Å². The van der Waals surface area contributed by atoms with Gasteiger partial charge in [-0.1, -0.05) is 38.1 Å². The van der Waals surface area contributed by atoms with E-state index in [1.165, 1.54) is 9.87 Å². The summed E-state index contributed by atoms with van der Waals surface area (Å²) >= 11 is 1.59. The number of benzene rings is 2. The van der Waals surface area contributed by atoms with Crippen molar-refractivity contribution in [1.29, 1.82) is 0 Å². The van der Waals surface area contributed by atoms with Gasteiger partial charge in [0.05, 0.1) is 4.90 Å². The number of nitrogens with zero attached hydrogens (tertiary/aromatic N) is 1.